The van der Waals surface area contributed by atoms with Gasteiger partial charge in [0.15, 0.2) is 0 Å². The van der Waals surface area contributed by atoms with Crippen LogP contribution < -0.4 is 10.9 Å². The number of hydrogen-bond acceptors (Lipinski definition) is 4. The van der Waals surface area contributed by atoms with Crippen LogP contribution in [-0.2, 0) is 0 Å². The van der Waals surface area contributed by atoms with Crippen molar-refractivity contribution in [2.24, 2.45) is 11.3 Å². The topological polar surface area (TPSA) is 78.0 Å². The van der Waals surface area contributed by atoms with E-state index in [0.29, 0.717) is 18.2 Å². The quantitative estimate of drug-likeness (QED) is 0.737. The predicted octanol–water partition coefficient (Wildman–Crippen LogP) is 1.29. The predicted molar refractivity (Wildman–Crippen MR) is 70.6 cm³/mol. The summed E-state index contributed by atoms with van der Waals surface area (Å²) in [5.41, 5.74) is 0.492. The zero-order valence-corrected chi connectivity index (χ0v) is 11.2. The maximum absolute atomic E-state index is 11.3. The zero-order chi connectivity index (χ0) is 13.3. The summed E-state index contributed by atoms with van der Waals surface area (Å²) in [5.74, 6) is 0.737. The maximum atomic E-state index is 11.3. The highest BCUT2D eigenvalue weighted by molar-refractivity contribution is 5.26. The molecule has 2 rings (SSSR count). The van der Waals surface area contributed by atoms with Gasteiger partial charge in [-0.05, 0) is 25.7 Å². The minimum absolute atomic E-state index is 0.0452. The molecular weight excluding hydrogens is 230 g/mol. The highest BCUT2D eigenvalue weighted by atomic mass is 16.3. The van der Waals surface area contributed by atoms with Crippen LogP contribution in [0.25, 0.3) is 0 Å². The van der Waals surface area contributed by atoms with Gasteiger partial charge in [-0.1, -0.05) is 13.8 Å². The van der Waals surface area contributed by atoms with E-state index >= 15 is 0 Å². The number of aliphatic hydroxyl groups excluding tert-OH is 1. The van der Waals surface area contributed by atoms with Gasteiger partial charge in [0.1, 0.15) is 0 Å². The van der Waals surface area contributed by atoms with E-state index in [1.54, 1.807) is 6.92 Å². The Labute approximate surface area is 107 Å². The van der Waals surface area contributed by atoms with Crippen LogP contribution >= 0.6 is 0 Å². The molecule has 100 valence electrons. The van der Waals surface area contributed by atoms with Gasteiger partial charge in [-0.3, -0.25) is 9.78 Å². The Morgan fingerprint density at radius 1 is 1.56 bits per heavy atom. The summed E-state index contributed by atoms with van der Waals surface area (Å²) in [4.78, 5) is 18.2. The van der Waals surface area contributed by atoms with E-state index in [4.69, 9.17) is 0 Å². The molecular formula is C13H21N3O2. The minimum Gasteiger partial charge on any atom is -0.392 e. The lowest BCUT2D eigenvalue weighted by molar-refractivity contribution is 0.0566. The van der Waals surface area contributed by atoms with Crippen LogP contribution in [0, 0.1) is 18.3 Å². The first-order valence-corrected chi connectivity index (χ1v) is 6.43. The van der Waals surface area contributed by atoms with Crippen LogP contribution in [0.5, 0.6) is 0 Å². The summed E-state index contributed by atoms with van der Waals surface area (Å²) in [6, 6.07) is 1.46. The van der Waals surface area contributed by atoms with E-state index in [0.717, 1.165) is 12.8 Å². The minimum atomic E-state index is -0.304. The van der Waals surface area contributed by atoms with Crippen LogP contribution in [-0.4, -0.2) is 27.7 Å². The molecule has 0 bridgehead atoms. The number of hydrogen-bond donors (Lipinski definition) is 3. The number of H-pyrrole nitrogens is 1. The number of aliphatic hydroxyl groups is 1. The van der Waals surface area contributed by atoms with E-state index in [2.05, 4.69) is 15.3 Å². The lowest BCUT2D eigenvalue weighted by Crippen LogP contribution is -2.33. The summed E-state index contributed by atoms with van der Waals surface area (Å²) in [7, 11) is 0. The number of aromatic amines is 1. The molecule has 0 aromatic carbocycles. The van der Waals surface area contributed by atoms with Crippen molar-refractivity contribution >= 4 is 5.95 Å². The van der Waals surface area contributed by atoms with E-state index < -0.39 is 0 Å². The van der Waals surface area contributed by atoms with Crippen molar-refractivity contribution in [2.75, 3.05) is 11.9 Å². The average molecular weight is 251 g/mol. The maximum Gasteiger partial charge on any atom is 0.252 e. The molecule has 0 amide bonds. The Bertz CT molecular complexity index is 477. The molecule has 1 unspecified atom stereocenters. The van der Waals surface area contributed by atoms with Crippen molar-refractivity contribution in [3.63, 3.8) is 0 Å². The van der Waals surface area contributed by atoms with Crippen molar-refractivity contribution in [1.82, 2.24) is 9.97 Å². The number of aryl methyl sites for hydroxylation is 1. The van der Waals surface area contributed by atoms with Gasteiger partial charge in [0.25, 0.3) is 5.56 Å². The van der Waals surface area contributed by atoms with Crippen molar-refractivity contribution in [3.05, 3.63) is 22.1 Å². The number of rotatable bonds is 5. The summed E-state index contributed by atoms with van der Waals surface area (Å²) >= 11 is 0. The van der Waals surface area contributed by atoms with Gasteiger partial charge in [-0.25, -0.2) is 4.98 Å². The number of nitrogens with zero attached hydrogens (tertiary/aromatic N) is 1. The average Bonchev–Trinajstić information content (AvgIpc) is 3.05. The van der Waals surface area contributed by atoms with Gasteiger partial charge in [-0.15, -0.1) is 0 Å². The molecule has 0 saturated heterocycles. The molecule has 1 atom stereocenters. The molecule has 1 saturated carbocycles. The third-order valence-corrected chi connectivity index (χ3v) is 3.63. The smallest absolute Gasteiger partial charge is 0.252 e. The molecule has 5 heteroatoms. The molecule has 1 aromatic heterocycles. The molecule has 1 aliphatic carbocycles. The Hall–Kier alpha value is -1.36. The van der Waals surface area contributed by atoms with Gasteiger partial charge in [0, 0.05) is 23.7 Å². The fraction of sp³-hybridized carbons (Fsp3) is 0.692. The fourth-order valence-electron chi connectivity index (χ4n) is 2.37. The van der Waals surface area contributed by atoms with Crippen molar-refractivity contribution in [2.45, 2.75) is 39.7 Å². The second-order valence-electron chi connectivity index (χ2n) is 5.64. The van der Waals surface area contributed by atoms with Gasteiger partial charge >= 0.3 is 0 Å². The third kappa shape index (κ3) is 2.72. The highest BCUT2D eigenvalue weighted by Gasteiger charge is 2.49. The molecule has 1 fully saturated rings. The summed E-state index contributed by atoms with van der Waals surface area (Å²) in [6.45, 7) is 6.49. The summed E-state index contributed by atoms with van der Waals surface area (Å²) < 4.78 is 0. The first-order chi connectivity index (χ1) is 8.43. The van der Waals surface area contributed by atoms with Crippen LogP contribution in [0.15, 0.2) is 10.9 Å². The molecule has 0 radical (unpaired) electrons. The van der Waals surface area contributed by atoms with Crippen molar-refractivity contribution in [3.8, 4) is 0 Å². The standard InChI is InChI=1S/C13H21N3O2/c1-8(2)11(18)13(4-5-13)7-14-12-15-9(3)6-10(17)16-12/h6,8,11,18H,4-5,7H2,1-3H3,(H2,14,15,16,17). The lowest BCUT2D eigenvalue weighted by Gasteiger charge is -2.25. The Morgan fingerprint density at radius 3 is 2.72 bits per heavy atom. The molecule has 1 aromatic rings. The van der Waals surface area contributed by atoms with Crippen LogP contribution in [0.2, 0.25) is 0 Å². The monoisotopic (exact) mass is 251 g/mol. The fourth-order valence-corrected chi connectivity index (χ4v) is 2.37. The molecule has 18 heavy (non-hydrogen) atoms. The summed E-state index contributed by atoms with van der Waals surface area (Å²) in [5, 5.41) is 13.3. The van der Waals surface area contributed by atoms with E-state index in [-0.39, 0.29) is 23.0 Å². The molecule has 1 aliphatic rings. The number of nitrogens with one attached hydrogen (secondary N) is 2. The summed E-state index contributed by atoms with van der Waals surface area (Å²) in [6.07, 6.45) is 1.74. The Morgan fingerprint density at radius 2 is 2.22 bits per heavy atom. The Balaban J connectivity index is 2.01. The van der Waals surface area contributed by atoms with Crippen molar-refractivity contribution < 1.29 is 5.11 Å². The van der Waals surface area contributed by atoms with Gasteiger partial charge in [0.05, 0.1) is 6.10 Å². The van der Waals surface area contributed by atoms with Gasteiger partial charge < -0.3 is 10.4 Å². The SMILES string of the molecule is Cc1cc(=O)[nH]c(NCC2(C(O)C(C)C)CC2)n1. The molecule has 3 N–H and O–H groups in total. The molecule has 1 heterocycles. The Kier molecular flexibility index (Phi) is 3.43. The molecule has 5 nitrogen and oxygen atoms in total. The second-order valence-corrected chi connectivity index (χ2v) is 5.64. The second kappa shape index (κ2) is 4.72. The van der Waals surface area contributed by atoms with E-state index in [1.807, 2.05) is 13.8 Å². The van der Waals surface area contributed by atoms with E-state index in [9.17, 15) is 9.90 Å². The number of anilines is 1. The third-order valence-electron chi connectivity index (χ3n) is 3.63. The number of aromatic nitrogens is 2. The highest BCUT2D eigenvalue weighted by Crippen LogP contribution is 2.50. The largest absolute Gasteiger partial charge is 0.392 e. The van der Waals surface area contributed by atoms with Gasteiger partial charge in [-0.2, -0.15) is 0 Å². The molecule has 0 aliphatic heterocycles. The van der Waals surface area contributed by atoms with Crippen LogP contribution in [0.1, 0.15) is 32.4 Å². The van der Waals surface area contributed by atoms with Crippen LogP contribution in [0.4, 0.5) is 5.95 Å². The van der Waals surface area contributed by atoms with E-state index in [1.165, 1.54) is 6.07 Å². The lowest BCUT2D eigenvalue weighted by atomic mass is 9.90. The first kappa shape index (κ1) is 13.1. The van der Waals surface area contributed by atoms with Crippen molar-refractivity contribution in [1.29, 1.82) is 0 Å². The molecule has 0 spiro atoms. The van der Waals surface area contributed by atoms with Crippen LogP contribution in [0.3, 0.4) is 0 Å². The normalized spacial score (nSPS) is 18.7. The zero-order valence-electron chi connectivity index (χ0n) is 11.2. The van der Waals surface area contributed by atoms with Gasteiger partial charge in [0.2, 0.25) is 5.95 Å². The first-order valence-electron chi connectivity index (χ1n) is 6.43.